The predicted molar refractivity (Wildman–Crippen MR) is 75.5 cm³/mol. The molecule has 0 bridgehead atoms. The van der Waals surface area contributed by atoms with Crippen molar-refractivity contribution in [2.75, 3.05) is 12.4 Å². The van der Waals surface area contributed by atoms with E-state index in [1.54, 1.807) is 0 Å². The van der Waals surface area contributed by atoms with Gasteiger partial charge in [0.1, 0.15) is 0 Å². The Hall–Kier alpha value is -1.16. The van der Waals surface area contributed by atoms with Crippen LogP contribution in [0.3, 0.4) is 0 Å². The van der Waals surface area contributed by atoms with Crippen LogP contribution in [0.1, 0.15) is 47.4 Å². The van der Waals surface area contributed by atoms with Gasteiger partial charge in [-0.3, -0.25) is 4.79 Å². The highest BCUT2D eigenvalue weighted by atomic mass is 35.5. The van der Waals surface area contributed by atoms with Crippen LogP contribution in [0.5, 0.6) is 0 Å². The fourth-order valence-electron chi connectivity index (χ4n) is 2.53. The summed E-state index contributed by atoms with van der Waals surface area (Å²) >= 11 is 6.03. The summed E-state index contributed by atoms with van der Waals surface area (Å²) in [6.07, 6.45) is 4.36. The Morgan fingerprint density at radius 3 is 2.89 bits per heavy atom. The molecule has 0 aromatic carbocycles. The molecule has 0 radical (unpaired) electrons. The Morgan fingerprint density at radius 2 is 2.16 bits per heavy atom. The van der Waals surface area contributed by atoms with Crippen LogP contribution in [-0.2, 0) is 0 Å². The molecule has 1 unspecified atom stereocenters. The molecule has 4 nitrogen and oxygen atoms in total. The van der Waals surface area contributed by atoms with Gasteiger partial charge in [0.05, 0.1) is 17.0 Å². The van der Waals surface area contributed by atoms with E-state index in [2.05, 4.69) is 10.2 Å². The first kappa shape index (κ1) is 14.3. The summed E-state index contributed by atoms with van der Waals surface area (Å²) in [4.78, 5) is 14.6. The van der Waals surface area contributed by atoms with Crippen LogP contribution in [0.25, 0.3) is 0 Å². The zero-order valence-corrected chi connectivity index (χ0v) is 12.3. The first-order valence-electron chi connectivity index (χ1n) is 6.81. The molecular formula is C14H20ClN3O. The lowest BCUT2D eigenvalue weighted by molar-refractivity contribution is 0.0698. The van der Waals surface area contributed by atoms with Crippen LogP contribution in [-0.4, -0.2) is 39.5 Å². The van der Waals surface area contributed by atoms with E-state index in [4.69, 9.17) is 11.6 Å². The van der Waals surface area contributed by atoms with Crippen molar-refractivity contribution in [3.63, 3.8) is 0 Å². The van der Waals surface area contributed by atoms with E-state index < -0.39 is 0 Å². The lowest BCUT2D eigenvalue weighted by Crippen LogP contribution is -2.41. The van der Waals surface area contributed by atoms with Crippen molar-refractivity contribution >= 4 is 17.5 Å². The molecule has 0 saturated carbocycles. The maximum atomic E-state index is 12.7. The number of carbonyl (C=O) groups excluding carboxylic acids is 1. The molecule has 1 aliphatic rings. The minimum absolute atomic E-state index is 0.0445. The average molecular weight is 282 g/mol. The quantitative estimate of drug-likeness (QED) is 0.783. The number of hydrogen-bond acceptors (Lipinski definition) is 3. The molecule has 2 rings (SSSR count). The topological polar surface area (TPSA) is 46.1 Å². The second-order valence-electron chi connectivity index (χ2n) is 5.14. The van der Waals surface area contributed by atoms with Crippen LogP contribution in [0.15, 0.2) is 6.07 Å². The Balaban J connectivity index is 2.27. The van der Waals surface area contributed by atoms with Crippen molar-refractivity contribution in [2.45, 2.75) is 45.6 Å². The number of carbonyl (C=O) groups is 1. The van der Waals surface area contributed by atoms with Crippen molar-refractivity contribution in [3.05, 3.63) is 23.0 Å². The summed E-state index contributed by atoms with van der Waals surface area (Å²) in [6.45, 7) is 4.47. The van der Waals surface area contributed by atoms with E-state index in [1.807, 2.05) is 24.8 Å². The molecule has 1 saturated heterocycles. The molecule has 19 heavy (non-hydrogen) atoms. The maximum absolute atomic E-state index is 12.7. The highest BCUT2D eigenvalue weighted by molar-refractivity contribution is 6.18. The minimum Gasteiger partial charge on any atom is -0.334 e. The lowest BCUT2D eigenvalue weighted by Gasteiger charge is -2.29. The van der Waals surface area contributed by atoms with Crippen molar-refractivity contribution < 1.29 is 4.79 Å². The van der Waals surface area contributed by atoms with E-state index >= 15 is 0 Å². The van der Waals surface area contributed by atoms with Crippen molar-refractivity contribution in [3.8, 4) is 0 Å². The number of likely N-dealkylation sites (tertiary alicyclic amines) is 1. The second kappa shape index (κ2) is 6.33. The van der Waals surface area contributed by atoms with Gasteiger partial charge in [0, 0.05) is 18.5 Å². The van der Waals surface area contributed by atoms with Crippen LogP contribution in [0, 0.1) is 13.8 Å². The van der Waals surface area contributed by atoms with Crippen molar-refractivity contribution in [2.24, 2.45) is 0 Å². The summed E-state index contributed by atoms with van der Waals surface area (Å²) in [5.74, 6) is 0.547. The zero-order valence-electron chi connectivity index (χ0n) is 11.5. The zero-order chi connectivity index (χ0) is 13.8. The predicted octanol–water partition coefficient (Wildman–Crippen LogP) is 2.72. The van der Waals surface area contributed by atoms with Gasteiger partial charge < -0.3 is 4.90 Å². The molecule has 2 heterocycles. The third-order valence-corrected chi connectivity index (χ3v) is 4.00. The number of aryl methyl sites for hydroxylation is 2. The number of halogens is 1. The molecule has 1 fully saturated rings. The van der Waals surface area contributed by atoms with Gasteiger partial charge in [-0.05, 0) is 32.8 Å². The molecule has 5 heteroatoms. The molecule has 1 atom stereocenters. The van der Waals surface area contributed by atoms with E-state index in [1.165, 1.54) is 6.42 Å². The van der Waals surface area contributed by atoms with E-state index in [-0.39, 0.29) is 11.9 Å². The molecule has 0 N–H and O–H groups in total. The van der Waals surface area contributed by atoms with Crippen LogP contribution in [0.4, 0.5) is 0 Å². The number of aromatic nitrogens is 2. The van der Waals surface area contributed by atoms with Gasteiger partial charge in [-0.1, -0.05) is 12.8 Å². The molecule has 1 amide bonds. The fraction of sp³-hybridized carbons (Fsp3) is 0.643. The first-order chi connectivity index (χ1) is 9.13. The van der Waals surface area contributed by atoms with E-state index in [0.717, 1.165) is 31.5 Å². The molecular weight excluding hydrogens is 262 g/mol. The Bertz CT molecular complexity index is 464. The Labute approximate surface area is 119 Å². The first-order valence-corrected chi connectivity index (χ1v) is 7.35. The highest BCUT2D eigenvalue weighted by Gasteiger charge is 2.27. The molecule has 104 valence electrons. The third kappa shape index (κ3) is 3.24. The second-order valence-corrected chi connectivity index (χ2v) is 5.45. The van der Waals surface area contributed by atoms with Crippen LogP contribution < -0.4 is 0 Å². The summed E-state index contributed by atoms with van der Waals surface area (Å²) in [6, 6.07) is 1.96. The van der Waals surface area contributed by atoms with Gasteiger partial charge in [-0.25, -0.2) is 0 Å². The number of alkyl halides is 1. The van der Waals surface area contributed by atoms with Gasteiger partial charge in [-0.15, -0.1) is 11.6 Å². The van der Waals surface area contributed by atoms with E-state index in [9.17, 15) is 4.79 Å². The standard InChI is InChI=1S/C14H20ClN3O/c1-10-8-13(11(2)17-16-10)14(19)18-7-5-3-4-6-12(18)9-15/h8,12H,3-7,9H2,1-2H3. The minimum atomic E-state index is 0.0445. The van der Waals surface area contributed by atoms with Crippen LogP contribution >= 0.6 is 11.6 Å². The normalized spacial score (nSPS) is 20.2. The molecule has 1 aromatic heterocycles. The summed E-state index contributed by atoms with van der Waals surface area (Å²) < 4.78 is 0. The maximum Gasteiger partial charge on any atom is 0.256 e. The molecule has 1 aliphatic heterocycles. The summed E-state index contributed by atoms with van der Waals surface area (Å²) in [5.41, 5.74) is 2.11. The summed E-state index contributed by atoms with van der Waals surface area (Å²) in [7, 11) is 0. The molecule has 1 aromatic rings. The molecule has 0 aliphatic carbocycles. The SMILES string of the molecule is Cc1cc(C(=O)N2CCCCCC2CCl)c(C)nn1. The van der Waals surface area contributed by atoms with E-state index in [0.29, 0.717) is 17.1 Å². The molecule has 0 spiro atoms. The van der Waals surface area contributed by atoms with Gasteiger partial charge in [-0.2, -0.15) is 10.2 Å². The van der Waals surface area contributed by atoms with Gasteiger partial charge in [0.15, 0.2) is 0 Å². The third-order valence-electron chi connectivity index (χ3n) is 3.65. The number of nitrogens with zero attached hydrogens (tertiary/aromatic N) is 3. The number of rotatable bonds is 2. The van der Waals surface area contributed by atoms with Gasteiger partial charge in [0.2, 0.25) is 0 Å². The average Bonchev–Trinajstić information content (AvgIpc) is 2.65. The Morgan fingerprint density at radius 1 is 1.37 bits per heavy atom. The number of hydrogen-bond donors (Lipinski definition) is 0. The largest absolute Gasteiger partial charge is 0.334 e. The number of amides is 1. The highest BCUT2D eigenvalue weighted by Crippen LogP contribution is 2.21. The lowest BCUT2D eigenvalue weighted by atomic mass is 10.1. The smallest absolute Gasteiger partial charge is 0.256 e. The monoisotopic (exact) mass is 281 g/mol. The fourth-order valence-corrected chi connectivity index (χ4v) is 2.85. The summed E-state index contributed by atoms with van der Waals surface area (Å²) in [5, 5.41) is 8.02. The van der Waals surface area contributed by atoms with Crippen molar-refractivity contribution in [1.82, 2.24) is 15.1 Å². The van der Waals surface area contributed by atoms with Gasteiger partial charge in [0.25, 0.3) is 5.91 Å². The van der Waals surface area contributed by atoms with Crippen LogP contribution in [0.2, 0.25) is 0 Å². The Kier molecular flexibility index (Phi) is 4.75. The van der Waals surface area contributed by atoms with Gasteiger partial charge >= 0.3 is 0 Å². The van der Waals surface area contributed by atoms with Crippen molar-refractivity contribution in [1.29, 1.82) is 0 Å².